The van der Waals surface area contributed by atoms with Gasteiger partial charge in [-0.05, 0) is 71.1 Å². The van der Waals surface area contributed by atoms with Crippen LogP contribution >= 0.6 is 0 Å². The highest BCUT2D eigenvalue weighted by molar-refractivity contribution is 6.00. The fourth-order valence-electron chi connectivity index (χ4n) is 5.69. The topological polar surface area (TPSA) is 44.2 Å². The van der Waals surface area contributed by atoms with Crippen LogP contribution in [0.25, 0.3) is 10.9 Å². The molecule has 0 saturated carbocycles. The number of aromatic nitrogens is 1. The van der Waals surface area contributed by atoms with E-state index >= 15 is 0 Å². The number of aldehydes is 1. The second-order valence-corrected chi connectivity index (χ2v) is 11.5. The third-order valence-corrected chi connectivity index (χ3v) is 8.58. The van der Waals surface area contributed by atoms with Gasteiger partial charge in [0, 0.05) is 87.6 Å². The third-order valence-electron chi connectivity index (χ3n) is 8.58. The molecule has 2 aliphatic heterocycles. The van der Waals surface area contributed by atoms with Crippen molar-refractivity contribution in [1.29, 1.82) is 0 Å². The molecule has 7 nitrogen and oxygen atoms in total. The van der Waals surface area contributed by atoms with Crippen LogP contribution in [0.3, 0.4) is 0 Å². The lowest BCUT2D eigenvalue weighted by atomic mass is 10.1. The molecule has 7 heteroatoms. The number of likely N-dealkylation sites (N-methyl/N-ethyl adjacent to an activating group) is 2. The van der Waals surface area contributed by atoms with E-state index in [1.54, 1.807) is 7.11 Å². The van der Waals surface area contributed by atoms with Gasteiger partial charge in [0.1, 0.15) is 5.75 Å². The molecule has 0 unspecified atom stereocenters. The number of methoxy groups -OCH3 is 1. The van der Waals surface area contributed by atoms with Crippen molar-refractivity contribution in [3.8, 4) is 5.75 Å². The summed E-state index contributed by atoms with van der Waals surface area (Å²) in [6, 6.07) is 14.9. The highest BCUT2D eigenvalue weighted by Crippen LogP contribution is 2.28. The van der Waals surface area contributed by atoms with E-state index in [-0.39, 0.29) is 0 Å². The molecule has 0 N–H and O–H groups in total. The van der Waals surface area contributed by atoms with E-state index in [1.807, 2.05) is 19.1 Å². The first-order chi connectivity index (χ1) is 19.4. The maximum atomic E-state index is 11.5. The van der Waals surface area contributed by atoms with Crippen LogP contribution in [0.1, 0.15) is 33.6 Å². The highest BCUT2D eigenvalue weighted by atomic mass is 16.5. The van der Waals surface area contributed by atoms with Crippen LogP contribution in [0.2, 0.25) is 0 Å². The molecule has 0 aliphatic carbocycles. The summed E-state index contributed by atoms with van der Waals surface area (Å²) < 4.78 is 7.58. The molecule has 0 radical (unpaired) electrons. The van der Waals surface area contributed by atoms with Crippen LogP contribution in [0.15, 0.2) is 42.5 Å². The fourth-order valence-corrected chi connectivity index (χ4v) is 5.69. The average molecular weight is 548 g/mol. The molecule has 40 heavy (non-hydrogen) atoms. The van der Waals surface area contributed by atoms with Gasteiger partial charge < -0.3 is 28.9 Å². The molecule has 3 aromatic rings. The van der Waals surface area contributed by atoms with Gasteiger partial charge >= 0.3 is 0 Å². The monoisotopic (exact) mass is 547 g/mol. The summed E-state index contributed by atoms with van der Waals surface area (Å²) in [6.45, 7) is 16.9. The summed E-state index contributed by atoms with van der Waals surface area (Å²) in [5, 5.41) is 0.987. The normalized spacial score (nSPS) is 17.5. The second-order valence-electron chi connectivity index (χ2n) is 11.5. The van der Waals surface area contributed by atoms with Gasteiger partial charge in [-0.3, -0.25) is 4.79 Å². The van der Waals surface area contributed by atoms with Gasteiger partial charge in [0.15, 0.2) is 6.29 Å². The number of hydrogen-bond donors (Lipinski definition) is 0. The summed E-state index contributed by atoms with van der Waals surface area (Å²) in [6.07, 6.45) is 3.25. The maximum Gasteiger partial charge on any atom is 0.152 e. The predicted octanol–water partition coefficient (Wildman–Crippen LogP) is 4.19. The number of nitrogens with zero attached hydrogens (tertiary/aromatic N) is 5. The number of ether oxygens (including phenoxy) is 1. The summed E-state index contributed by atoms with van der Waals surface area (Å²) in [5.41, 5.74) is 5.76. The molecule has 0 bridgehead atoms. The van der Waals surface area contributed by atoms with Crippen molar-refractivity contribution in [3.05, 3.63) is 64.8 Å². The Morgan fingerprint density at radius 2 is 1.38 bits per heavy atom. The smallest absolute Gasteiger partial charge is 0.152 e. The molecule has 3 heterocycles. The van der Waals surface area contributed by atoms with Crippen LogP contribution < -0.4 is 4.74 Å². The Bertz CT molecular complexity index is 1210. The Balaban J connectivity index is 0.000000201. The molecular weight excluding hydrogens is 498 g/mol. The van der Waals surface area contributed by atoms with Crippen LogP contribution in [-0.4, -0.2) is 117 Å². The van der Waals surface area contributed by atoms with Crippen LogP contribution in [0.4, 0.5) is 0 Å². The quantitative estimate of drug-likeness (QED) is 0.375. The largest absolute Gasteiger partial charge is 0.497 e. The zero-order valence-electron chi connectivity index (χ0n) is 25.4. The Morgan fingerprint density at radius 1 is 0.775 bits per heavy atom. The zero-order valence-corrected chi connectivity index (χ0v) is 25.4. The minimum atomic E-state index is 0.781. The minimum Gasteiger partial charge on any atom is -0.497 e. The van der Waals surface area contributed by atoms with Crippen molar-refractivity contribution in [2.24, 2.45) is 0 Å². The van der Waals surface area contributed by atoms with Gasteiger partial charge in [0.25, 0.3) is 0 Å². The van der Waals surface area contributed by atoms with Crippen molar-refractivity contribution in [3.63, 3.8) is 0 Å². The van der Waals surface area contributed by atoms with Gasteiger partial charge in [0.2, 0.25) is 0 Å². The van der Waals surface area contributed by atoms with Crippen LogP contribution in [0.5, 0.6) is 5.75 Å². The van der Waals surface area contributed by atoms with E-state index in [4.69, 9.17) is 4.74 Å². The van der Waals surface area contributed by atoms with E-state index < -0.39 is 0 Å². The lowest BCUT2D eigenvalue weighted by Gasteiger charge is -2.32. The number of hydrogen-bond acceptors (Lipinski definition) is 6. The molecule has 0 atom stereocenters. The molecule has 2 aromatic carbocycles. The Labute approximate surface area is 241 Å². The first-order valence-corrected chi connectivity index (χ1v) is 14.9. The first-order valence-electron chi connectivity index (χ1n) is 14.9. The summed E-state index contributed by atoms with van der Waals surface area (Å²) in [4.78, 5) is 21.4. The van der Waals surface area contributed by atoms with Crippen molar-refractivity contribution in [2.75, 3.05) is 86.7 Å². The number of benzene rings is 2. The fraction of sp³-hybridized carbons (Fsp3) is 0.545. The second kappa shape index (κ2) is 14.8. The molecule has 2 aliphatic rings. The average Bonchev–Trinajstić information content (AvgIpc) is 3.24. The number of fused-ring (bicyclic) bond motifs is 1. The molecule has 5 rings (SSSR count). The van der Waals surface area contributed by atoms with Crippen molar-refractivity contribution in [1.82, 2.24) is 24.2 Å². The van der Waals surface area contributed by atoms with Gasteiger partial charge in [-0.25, -0.2) is 0 Å². The van der Waals surface area contributed by atoms with E-state index in [1.165, 1.54) is 50.3 Å². The van der Waals surface area contributed by atoms with Gasteiger partial charge in [-0.1, -0.05) is 29.8 Å². The molecular formula is C33H49N5O2. The highest BCUT2D eigenvalue weighted by Gasteiger charge is 2.16. The summed E-state index contributed by atoms with van der Waals surface area (Å²) in [7, 11) is 6.04. The van der Waals surface area contributed by atoms with E-state index in [0.717, 1.165) is 79.9 Å². The number of carbonyl (C=O) groups excluding carboxylic acids is 1. The Morgan fingerprint density at radius 3 is 1.95 bits per heavy atom. The number of aryl methyl sites for hydroxylation is 2. The lowest BCUT2D eigenvalue weighted by molar-refractivity contribution is 0.112. The summed E-state index contributed by atoms with van der Waals surface area (Å²) in [5.74, 6) is 0.792. The molecule has 1 aromatic heterocycles. The van der Waals surface area contributed by atoms with Gasteiger partial charge in [-0.2, -0.15) is 0 Å². The maximum absolute atomic E-state index is 11.5. The van der Waals surface area contributed by atoms with E-state index in [2.05, 4.69) is 75.5 Å². The van der Waals surface area contributed by atoms with Gasteiger partial charge in [-0.15, -0.1) is 0 Å². The first kappa shape index (κ1) is 30.3. The Hall–Kier alpha value is -2.71. The molecule has 218 valence electrons. The molecule has 2 fully saturated rings. The SMILES string of the molecule is COc1ccc2c(c1)c(C=O)c(C)n2CCCN1CCN(C)CC1.Cc1ccc(CCN2CCN(C)CC2)cc1. The number of piperazine rings is 2. The summed E-state index contributed by atoms with van der Waals surface area (Å²) >= 11 is 0. The van der Waals surface area contributed by atoms with Crippen molar-refractivity contribution >= 4 is 17.2 Å². The van der Waals surface area contributed by atoms with E-state index in [9.17, 15) is 4.79 Å². The lowest BCUT2D eigenvalue weighted by Crippen LogP contribution is -2.45. The Kier molecular flexibility index (Phi) is 11.2. The number of carbonyl (C=O) groups is 1. The van der Waals surface area contributed by atoms with Crippen LogP contribution in [0, 0.1) is 13.8 Å². The number of rotatable bonds is 9. The van der Waals surface area contributed by atoms with Crippen LogP contribution in [-0.2, 0) is 13.0 Å². The standard InChI is InChI=1S/C19H27N3O2.C14H22N2/c1-15-18(14-23)17-13-16(24-3)5-6-19(17)22(15)8-4-7-21-11-9-20(2)10-12-21;1-13-3-5-14(6-4-13)7-8-16-11-9-15(2)10-12-16/h5-6,13-14H,4,7-12H2,1-3H3;3-6H,7-12H2,1-2H3. The molecule has 0 spiro atoms. The predicted molar refractivity (Wildman–Crippen MR) is 166 cm³/mol. The minimum absolute atomic E-state index is 0.781. The van der Waals surface area contributed by atoms with Crippen molar-refractivity contribution in [2.45, 2.75) is 33.2 Å². The van der Waals surface area contributed by atoms with Gasteiger partial charge in [0.05, 0.1) is 7.11 Å². The molecule has 0 amide bonds. The zero-order chi connectivity index (χ0) is 28.5. The van der Waals surface area contributed by atoms with Crippen molar-refractivity contribution < 1.29 is 9.53 Å². The van der Waals surface area contributed by atoms with E-state index in [0.29, 0.717) is 0 Å². The third kappa shape index (κ3) is 8.16. The molecule has 2 saturated heterocycles.